The molecule has 12 heteroatoms. The first-order chi connectivity index (χ1) is 17.1. The Kier molecular flexibility index (Phi) is 10.9. The van der Waals surface area contributed by atoms with Crippen molar-refractivity contribution < 1.29 is 29.1 Å². The van der Waals surface area contributed by atoms with Crippen LogP contribution in [0.4, 0.5) is 0 Å². The van der Waals surface area contributed by atoms with Crippen LogP contribution < -0.4 is 32.7 Å². The molecule has 0 aromatic heterocycles. The van der Waals surface area contributed by atoms with E-state index in [2.05, 4.69) is 21.3 Å². The van der Waals surface area contributed by atoms with Crippen LogP contribution in [0.2, 0.25) is 0 Å². The van der Waals surface area contributed by atoms with Crippen molar-refractivity contribution in [1.82, 2.24) is 21.3 Å². The molecule has 2 rings (SSSR count). The Bertz CT molecular complexity index is 1060. The summed E-state index contributed by atoms with van der Waals surface area (Å²) < 4.78 is 0. The third-order valence-corrected chi connectivity index (χ3v) is 4.97. The van der Waals surface area contributed by atoms with Gasteiger partial charge < -0.3 is 37.8 Å². The first-order valence-corrected chi connectivity index (χ1v) is 11.1. The van der Waals surface area contributed by atoms with Crippen LogP contribution in [0, 0.1) is 0 Å². The Hall–Kier alpha value is -4.45. The summed E-state index contributed by atoms with van der Waals surface area (Å²) in [6.07, 6.45) is 0.358. The van der Waals surface area contributed by atoms with Gasteiger partial charge in [0.05, 0.1) is 25.7 Å². The number of hydrogen-bond donors (Lipinski definition) is 7. The van der Waals surface area contributed by atoms with Gasteiger partial charge in [-0.1, -0.05) is 42.5 Å². The van der Waals surface area contributed by atoms with Crippen LogP contribution >= 0.6 is 0 Å². The first-order valence-electron chi connectivity index (χ1n) is 11.1. The minimum absolute atomic E-state index is 0.0927. The monoisotopic (exact) mass is 498 g/mol. The number of nitrogens with one attached hydrogen (secondary N) is 4. The van der Waals surface area contributed by atoms with Crippen LogP contribution in [0.5, 0.6) is 5.75 Å². The summed E-state index contributed by atoms with van der Waals surface area (Å²) in [5.41, 5.74) is 12.4. The van der Waals surface area contributed by atoms with Crippen LogP contribution in [0.3, 0.4) is 0 Å². The van der Waals surface area contributed by atoms with E-state index in [0.29, 0.717) is 0 Å². The van der Waals surface area contributed by atoms with Gasteiger partial charge in [0.2, 0.25) is 29.5 Å². The Morgan fingerprint density at radius 3 is 1.94 bits per heavy atom. The van der Waals surface area contributed by atoms with E-state index in [0.717, 1.165) is 11.1 Å². The van der Waals surface area contributed by atoms with Gasteiger partial charge in [-0.15, -0.1) is 0 Å². The molecular formula is C24H30N6O6. The Morgan fingerprint density at radius 1 is 0.722 bits per heavy atom. The molecule has 192 valence electrons. The van der Waals surface area contributed by atoms with Crippen LogP contribution in [0.15, 0.2) is 54.6 Å². The molecule has 0 aliphatic carbocycles. The maximum Gasteiger partial charge on any atom is 0.243 e. The second-order valence-corrected chi connectivity index (χ2v) is 7.97. The summed E-state index contributed by atoms with van der Waals surface area (Å²) in [4.78, 5) is 59.9. The second-order valence-electron chi connectivity index (χ2n) is 7.97. The van der Waals surface area contributed by atoms with Crippen molar-refractivity contribution >= 4 is 29.5 Å². The van der Waals surface area contributed by atoms with Gasteiger partial charge in [0.1, 0.15) is 11.8 Å². The van der Waals surface area contributed by atoms with Crippen molar-refractivity contribution in [3.8, 4) is 5.75 Å². The van der Waals surface area contributed by atoms with E-state index < -0.39 is 54.7 Å². The lowest BCUT2D eigenvalue weighted by molar-refractivity contribution is -0.130. The van der Waals surface area contributed by atoms with Gasteiger partial charge >= 0.3 is 0 Å². The highest BCUT2D eigenvalue weighted by Gasteiger charge is 2.22. The number of amides is 5. The lowest BCUT2D eigenvalue weighted by atomic mass is 10.1. The van der Waals surface area contributed by atoms with E-state index in [1.807, 2.05) is 0 Å². The molecule has 0 saturated heterocycles. The number of carbonyl (C=O) groups excluding carboxylic acids is 5. The maximum atomic E-state index is 12.4. The molecule has 0 saturated carbocycles. The number of nitrogens with two attached hydrogens (primary N) is 2. The normalized spacial score (nSPS) is 12.0. The predicted molar refractivity (Wildman–Crippen MR) is 130 cm³/mol. The first kappa shape index (κ1) is 27.8. The van der Waals surface area contributed by atoms with Crippen molar-refractivity contribution in [3.63, 3.8) is 0 Å². The summed E-state index contributed by atoms with van der Waals surface area (Å²) in [6.45, 7) is -1.23. The third-order valence-electron chi connectivity index (χ3n) is 4.97. The average molecular weight is 499 g/mol. The lowest BCUT2D eigenvalue weighted by Gasteiger charge is -2.18. The highest BCUT2D eigenvalue weighted by molar-refractivity contribution is 5.93. The minimum atomic E-state index is -1.01. The third kappa shape index (κ3) is 10.2. The molecule has 0 bridgehead atoms. The summed E-state index contributed by atoms with van der Waals surface area (Å²) in [5.74, 6) is -3.08. The highest BCUT2D eigenvalue weighted by atomic mass is 16.3. The van der Waals surface area contributed by atoms with E-state index in [9.17, 15) is 29.1 Å². The zero-order valence-corrected chi connectivity index (χ0v) is 19.5. The molecule has 12 nitrogen and oxygen atoms in total. The molecule has 0 radical (unpaired) electrons. The Labute approximate surface area is 207 Å². The fourth-order valence-electron chi connectivity index (χ4n) is 3.12. The zero-order chi connectivity index (χ0) is 26.5. The number of aromatic hydroxyl groups is 1. The fraction of sp³-hybridized carbons (Fsp3) is 0.292. The second kappa shape index (κ2) is 14.1. The van der Waals surface area contributed by atoms with Crippen molar-refractivity contribution in [2.75, 3.05) is 19.6 Å². The minimum Gasteiger partial charge on any atom is -0.508 e. The van der Waals surface area contributed by atoms with E-state index in [4.69, 9.17) is 11.5 Å². The number of primary amides is 1. The summed E-state index contributed by atoms with van der Waals surface area (Å²) in [7, 11) is 0. The fourth-order valence-corrected chi connectivity index (χ4v) is 3.12. The molecule has 2 atom stereocenters. The summed E-state index contributed by atoms with van der Waals surface area (Å²) >= 11 is 0. The van der Waals surface area contributed by atoms with Crippen molar-refractivity contribution in [1.29, 1.82) is 0 Å². The van der Waals surface area contributed by atoms with Gasteiger partial charge in [-0.2, -0.15) is 0 Å². The Morgan fingerprint density at radius 2 is 1.31 bits per heavy atom. The molecule has 9 N–H and O–H groups in total. The molecule has 0 spiro atoms. The number of rotatable bonds is 13. The van der Waals surface area contributed by atoms with Crippen LogP contribution in [0.1, 0.15) is 11.1 Å². The predicted octanol–water partition coefficient (Wildman–Crippen LogP) is -2.18. The van der Waals surface area contributed by atoms with Crippen molar-refractivity contribution in [2.24, 2.45) is 11.5 Å². The SMILES string of the molecule is NC(=O)CNC(=O)[C@H](Cc1ccccc1)NC(=O)CNC(=O)CNC(=O)[C@@H](N)Cc1ccc(O)cc1. The van der Waals surface area contributed by atoms with Gasteiger partial charge in [-0.05, 0) is 29.7 Å². The number of carbonyl (C=O) groups is 5. The summed E-state index contributed by atoms with van der Waals surface area (Å²) in [5, 5.41) is 18.9. The van der Waals surface area contributed by atoms with Gasteiger partial charge in [-0.3, -0.25) is 24.0 Å². The molecule has 0 fully saturated rings. The smallest absolute Gasteiger partial charge is 0.243 e. The average Bonchev–Trinajstić information content (AvgIpc) is 2.86. The number of phenolic OH excluding ortho intramolecular Hbond substituents is 1. The van der Waals surface area contributed by atoms with Crippen molar-refractivity contribution in [2.45, 2.75) is 24.9 Å². The van der Waals surface area contributed by atoms with Crippen LogP contribution in [-0.2, 0) is 36.8 Å². The number of phenols is 1. The summed E-state index contributed by atoms with van der Waals surface area (Å²) in [6, 6.07) is 13.2. The quantitative estimate of drug-likeness (QED) is 0.162. The number of hydrogen-bond acceptors (Lipinski definition) is 7. The highest BCUT2D eigenvalue weighted by Crippen LogP contribution is 2.10. The zero-order valence-electron chi connectivity index (χ0n) is 19.5. The standard InChI is InChI=1S/C24H30N6O6/c25-18(10-16-6-8-17(31)9-7-16)23(35)29-13-21(33)27-14-22(34)30-19(24(36)28-12-20(26)32)11-15-4-2-1-3-5-15/h1-9,18-19,31H,10-14,25H2,(H2,26,32)(H,27,33)(H,28,36)(H,29,35)(H,30,34)/t18-,19-/m0/s1. The number of benzene rings is 2. The van der Waals surface area contributed by atoms with Crippen LogP contribution in [0.25, 0.3) is 0 Å². The van der Waals surface area contributed by atoms with Gasteiger partial charge in [0.25, 0.3) is 0 Å². The molecule has 2 aromatic carbocycles. The largest absolute Gasteiger partial charge is 0.508 e. The molecular weight excluding hydrogens is 468 g/mol. The van der Waals surface area contributed by atoms with Crippen LogP contribution in [-0.4, -0.2) is 66.4 Å². The molecule has 0 heterocycles. The molecule has 0 aliphatic rings. The molecule has 36 heavy (non-hydrogen) atoms. The molecule has 0 unspecified atom stereocenters. The molecule has 2 aromatic rings. The van der Waals surface area contributed by atoms with Gasteiger partial charge in [0, 0.05) is 6.42 Å². The van der Waals surface area contributed by atoms with E-state index in [1.165, 1.54) is 12.1 Å². The van der Waals surface area contributed by atoms with Crippen molar-refractivity contribution in [3.05, 3.63) is 65.7 Å². The lowest BCUT2D eigenvalue weighted by Crippen LogP contribution is -2.52. The maximum absolute atomic E-state index is 12.4. The van der Waals surface area contributed by atoms with E-state index in [1.54, 1.807) is 42.5 Å². The van der Waals surface area contributed by atoms with E-state index in [-0.39, 0.29) is 25.1 Å². The molecule has 5 amide bonds. The van der Waals surface area contributed by atoms with E-state index >= 15 is 0 Å². The molecule has 0 aliphatic heterocycles. The van der Waals surface area contributed by atoms with Gasteiger partial charge in [0.15, 0.2) is 0 Å². The Balaban J connectivity index is 1.79. The van der Waals surface area contributed by atoms with Gasteiger partial charge in [-0.25, -0.2) is 0 Å². The topological polar surface area (TPSA) is 206 Å².